The molecule has 0 saturated heterocycles. The standard InChI is InChI=1S/C15H21NO4/c1-9(2)12-8-11(10(3)20-12)13(17)16-15(14(18)19)6-4-5-7-15/h8-9H,4-7H2,1-3H3,(H,16,17)(H,18,19). The lowest BCUT2D eigenvalue weighted by Crippen LogP contribution is -2.52. The average Bonchev–Trinajstić information content (AvgIpc) is 2.96. The molecule has 20 heavy (non-hydrogen) atoms. The molecule has 1 saturated carbocycles. The van der Waals surface area contributed by atoms with Gasteiger partial charge in [-0.1, -0.05) is 26.7 Å². The lowest BCUT2D eigenvalue weighted by atomic mass is 9.97. The molecule has 1 fully saturated rings. The summed E-state index contributed by atoms with van der Waals surface area (Å²) >= 11 is 0. The monoisotopic (exact) mass is 279 g/mol. The molecule has 0 radical (unpaired) electrons. The molecule has 0 aliphatic heterocycles. The Bertz CT molecular complexity index is 524. The molecule has 0 unspecified atom stereocenters. The fourth-order valence-electron chi connectivity index (χ4n) is 2.67. The van der Waals surface area contributed by atoms with Crippen molar-refractivity contribution in [3.63, 3.8) is 0 Å². The largest absolute Gasteiger partial charge is 0.480 e. The van der Waals surface area contributed by atoms with E-state index < -0.39 is 11.5 Å². The Morgan fingerprint density at radius 3 is 2.40 bits per heavy atom. The minimum Gasteiger partial charge on any atom is -0.480 e. The molecule has 2 N–H and O–H groups in total. The fourth-order valence-corrected chi connectivity index (χ4v) is 2.67. The number of rotatable bonds is 4. The first-order chi connectivity index (χ1) is 9.35. The predicted octanol–water partition coefficient (Wildman–Crippen LogP) is 2.84. The maximum Gasteiger partial charge on any atom is 0.329 e. The molecule has 1 amide bonds. The van der Waals surface area contributed by atoms with Crippen molar-refractivity contribution in [1.29, 1.82) is 0 Å². The van der Waals surface area contributed by atoms with Crippen LogP contribution in [0.2, 0.25) is 0 Å². The zero-order valence-corrected chi connectivity index (χ0v) is 12.2. The summed E-state index contributed by atoms with van der Waals surface area (Å²) in [6.45, 7) is 5.69. The third-order valence-corrected chi connectivity index (χ3v) is 3.97. The van der Waals surface area contributed by atoms with Gasteiger partial charge in [-0.15, -0.1) is 0 Å². The number of aryl methyl sites for hydroxylation is 1. The van der Waals surface area contributed by atoms with Crippen molar-refractivity contribution in [2.24, 2.45) is 0 Å². The minimum absolute atomic E-state index is 0.190. The van der Waals surface area contributed by atoms with Crippen LogP contribution in [0.4, 0.5) is 0 Å². The van der Waals surface area contributed by atoms with Crippen LogP contribution >= 0.6 is 0 Å². The second kappa shape index (κ2) is 5.31. The minimum atomic E-state index is -1.11. The molecule has 1 aliphatic rings. The van der Waals surface area contributed by atoms with Crippen LogP contribution in [-0.2, 0) is 4.79 Å². The number of hydrogen-bond donors (Lipinski definition) is 2. The van der Waals surface area contributed by atoms with E-state index in [0.717, 1.165) is 18.6 Å². The molecule has 0 atom stereocenters. The number of furan rings is 1. The first-order valence-corrected chi connectivity index (χ1v) is 7.02. The second-order valence-corrected chi connectivity index (χ2v) is 5.82. The van der Waals surface area contributed by atoms with Crippen LogP contribution in [-0.4, -0.2) is 22.5 Å². The molecule has 1 aromatic rings. The maximum absolute atomic E-state index is 12.3. The fraction of sp³-hybridized carbons (Fsp3) is 0.600. The third kappa shape index (κ3) is 2.57. The Morgan fingerprint density at radius 2 is 1.95 bits per heavy atom. The van der Waals surface area contributed by atoms with E-state index in [0.29, 0.717) is 24.2 Å². The van der Waals surface area contributed by atoms with Crippen molar-refractivity contribution in [1.82, 2.24) is 5.32 Å². The van der Waals surface area contributed by atoms with Gasteiger partial charge in [-0.2, -0.15) is 0 Å². The normalized spacial score (nSPS) is 17.4. The smallest absolute Gasteiger partial charge is 0.329 e. The van der Waals surface area contributed by atoms with Crippen molar-refractivity contribution in [3.05, 3.63) is 23.2 Å². The number of carboxylic acid groups (broad SMARTS) is 1. The Balaban J connectivity index is 2.21. The van der Waals surface area contributed by atoms with E-state index in [2.05, 4.69) is 5.32 Å². The van der Waals surface area contributed by atoms with Gasteiger partial charge in [0.15, 0.2) is 0 Å². The molecule has 1 aliphatic carbocycles. The van der Waals surface area contributed by atoms with Gasteiger partial charge in [0.05, 0.1) is 5.56 Å². The summed E-state index contributed by atoms with van der Waals surface area (Å²) in [4.78, 5) is 23.8. The summed E-state index contributed by atoms with van der Waals surface area (Å²) in [5, 5.41) is 12.1. The van der Waals surface area contributed by atoms with E-state index in [-0.39, 0.29) is 11.8 Å². The molecule has 1 heterocycles. The van der Waals surface area contributed by atoms with Gasteiger partial charge in [0.1, 0.15) is 17.1 Å². The lowest BCUT2D eigenvalue weighted by molar-refractivity contribution is -0.144. The highest BCUT2D eigenvalue weighted by Crippen LogP contribution is 2.31. The first-order valence-electron chi connectivity index (χ1n) is 7.02. The zero-order valence-electron chi connectivity index (χ0n) is 12.2. The number of amides is 1. The number of hydrogen-bond acceptors (Lipinski definition) is 3. The van der Waals surface area contributed by atoms with Gasteiger partial charge in [-0.25, -0.2) is 4.79 Å². The van der Waals surface area contributed by atoms with Gasteiger partial charge in [0.2, 0.25) is 0 Å². The number of carbonyl (C=O) groups excluding carboxylic acids is 1. The molecular weight excluding hydrogens is 258 g/mol. The Morgan fingerprint density at radius 1 is 1.35 bits per heavy atom. The quantitative estimate of drug-likeness (QED) is 0.888. The van der Waals surface area contributed by atoms with Gasteiger partial charge in [0, 0.05) is 5.92 Å². The molecule has 5 heteroatoms. The van der Waals surface area contributed by atoms with Gasteiger partial charge in [-0.3, -0.25) is 4.79 Å². The van der Waals surface area contributed by atoms with Crippen LogP contribution in [0.15, 0.2) is 10.5 Å². The van der Waals surface area contributed by atoms with E-state index in [4.69, 9.17) is 4.42 Å². The topological polar surface area (TPSA) is 79.5 Å². The Kier molecular flexibility index (Phi) is 3.88. The number of nitrogens with one attached hydrogen (secondary N) is 1. The van der Waals surface area contributed by atoms with Crippen molar-refractivity contribution in [2.45, 2.75) is 57.9 Å². The maximum atomic E-state index is 12.3. The number of aliphatic carboxylic acids is 1. The average molecular weight is 279 g/mol. The lowest BCUT2D eigenvalue weighted by Gasteiger charge is -2.25. The summed E-state index contributed by atoms with van der Waals surface area (Å²) in [7, 11) is 0. The summed E-state index contributed by atoms with van der Waals surface area (Å²) < 4.78 is 5.55. The van der Waals surface area contributed by atoms with Crippen LogP contribution in [0.3, 0.4) is 0 Å². The third-order valence-electron chi connectivity index (χ3n) is 3.97. The van der Waals surface area contributed by atoms with Crippen LogP contribution in [0.1, 0.15) is 67.3 Å². The molecule has 0 aromatic carbocycles. The second-order valence-electron chi connectivity index (χ2n) is 5.82. The van der Waals surface area contributed by atoms with E-state index in [1.54, 1.807) is 13.0 Å². The van der Waals surface area contributed by atoms with E-state index >= 15 is 0 Å². The van der Waals surface area contributed by atoms with Crippen molar-refractivity contribution in [2.75, 3.05) is 0 Å². The number of carbonyl (C=O) groups is 2. The van der Waals surface area contributed by atoms with Crippen LogP contribution < -0.4 is 5.32 Å². The summed E-state index contributed by atoms with van der Waals surface area (Å²) in [5.74, 6) is 0.152. The molecule has 1 aromatic heterocycles. The summed E-state index contributed by atoms with van der Waals surface area (Å²) in [5.41, 5.74) is -0.681. The van der Waals surface area contributed by atoms with Gasteiger partial charge >= 0.3 is 5.97 Å². The summed E-state index contributed by atoms with van der Waals surface area (Å²) in [6, 6.07) is 1.71. The van der Waals surface area contributed by atoms with Crippen LogP contribution in [0.5, 0.6) is 0 Å². The SMILES string of the molecule is Cc1oc(C(C)C)cc1C(=O)NC1(C(=O)O)CCCC1. The first kappa shape index (κ1) is 14.6. The zero-order chi connectivity index (χ0) is 14.9. The van der Waals surface area contributed by atoms with Crippen molar-refractivity contribution >= 4 is 11.9 Å². The van der Waals surface area contributed by atoms with Gasteiger partial charge < -0.3 is 14.8 Å². The highest BCUT2D eigenvalue weighted by Gasteiger charge is 2.43. The van der Waals surface area contributed by atoms with Crippen molar-refractivity contribution in [3.8, 4) is 0 Å². The Labute approximate surface area is 118 Å². The van der Waals surface area contributed by atoms with Gasteiger partial charge in [-0.05, 0) is 25.8 Å². The van der Waals surface area contributed by atoms with Crippen LogP contribution in [0, 0.1) is 6.92 Å². The highest BCUT2D eigenvalue weighted by molar-refractivity contribution is 5.98. The number of carboxylic acids is 1. The molecule has 2 rings (SSSR count). The molecule has 110 valence electrons. The highest BCUT2D eigenvalue weighted by atomic mass is 16.4. The van der Waals surface area contributed by atoms with E-state index in [9.17, 15) is 14.7 Å². The molecule has 5 nitrogen and oxygen atoms in total. The van der Waals surface area contributed by atoms with Crippen LogP contribution in [0.25, 0.3) is 0 Å². The molecular formula is C15H21NO4. The summed E-state index contributed by atoms with van der Waals surface area (Å²) in [6.07, 6.45) is 2.63. The van der Waals surface area contributed by atoms with E-state index in [1.165, 1.54) is 0 Å². The molecule has 0 spiro atoms. The Hall–Kier alpha value is -1.78. The van der Waals surface area contributed by atoms with Crippen molar-refractivity contribution < 1.29 is 19.1 Å². The van der Waals surface area contributed by atoms with Gasteiger partial charge in [0.25, 0.3) is 5.91 Å². The predicted molar refractivity (Wildman–Crippen MR) is 73.8 cm³/mol. The van der Waals surface area contributed by atoms with E-state index in [1.807, 2.05) is 13.8 Å². The molecule has 0 bridgehead atoms.